The van der Waals surface area contributed by atoms with Crippen molar-refractivity contribution >= 4 is 82.5 Å². The molecule has 7 rings (SSSR count). The second kappa shape index (κ2) is 37.4. The Hall–Kier alpha value is -6.54. The van der Waals surface area contributed by atoms with E-state index in [-0.39, 0.29) is 94.9 Å². The highest BCUT2D eigenvalue weighted by Gasteiger charge is 2.52. The lowest BCUT2D eigenvalue weighted by Gasteiger charge is -2.43. The topological polar surface area (TPSA) is 270 Å². The van der Waals surface area contributed by atoms with Gasteiger partial charge < -0.3 is 60.0 Å². The third-order valence-corrected chi connectivity index (χ3v) is 23.5. The fourth-order valence-electron chi connectivity index (χ4n) is 16.8. The van der Waals surface area contributed by atoms with E-state index >= 15 is 28.8 Å². The molecule has 3 saturated heterocycles. The van der Waals surface area contributed by atoms with E-state index in [0.29, 0.717) is 58.0 Å². The van der Waals surface area contributed by atoms with Gasteiger partial charge in [-0.2, -0.15) is 13.2 Å². The highest BCUT2D eigenvalue weighted by atomic mass is 35.5. The van der Waals surface area contributed by atoms with Crippen molar-refractivity contribution in [2.45, 2.75) is 267 Å². The number of hydrogen-bond acceptors (Lipinski definition) is 12. The van der Waals surface area contributed by atoms with Crippen molar-refractivity contribution in [2.24, 2.45) is 29.6 Å². The fraction of sp³-hybridized carbons (Fsp3) is 0.811. The molecule has 28 heteroatoms. The highest BCUT2D eigenvalue weighted by molar-refractivity contribution is 6.21. The second-order valence-corrected chi connectivity index (χ2v) is 32.0. The standard InChI is InChI=1S/C74H118ClF3N12O12/c1-47(2)29-33-54-67(97)84(7)45-62(93)82(5)46-63(94)86(9)58(42-49-24-15-12-16-25-49)69(99)83(6)44-60(91)79-55(34-31-50-30-32-52(53(75)41-50)74(76,77)78)68(98)90-39-23-28-56(90)66(96)81-73(35-19-20-36-73)72(102)88(11)64(51-26-17-13-18-27-51)71(101)87(10)59(70(100)89-37-21-14-22-38-89)43-61(92)85(8)57(40-48(3)4)65(95)80-54/h29,48-59,64H,12-28,30-46H2,1-11H3,(H,79,91)(H,80,95)(H,81,96)/t50?,52?,53?,54-,55-,56-,57-,58-,59-,64-/m0/s1. The van der Waals surface area contributed by atoms with Crippen LogP contribution in [-0.4, -0.2) is 263 Å². The summed E-state index contributed by atoms with van der Waals surface area (Å²) in [6.07, 6.45) is 9.25. The Balaban J connectivity index is 1.28. The molecule has 7 fully saturated rings. The van der Waals surface area contributed by atoms with Crippen LogP contribution in [0.1, 0.15) is 207 Å². The van der Waals surface area contributed by atoms with Gasteiger partial charge in [0.05, 0.1) is 32.0 Å². The summed E-state index contributed by atoms with van der Waals surface area (Å²) in [7, 11) is 10.1. The van der Waals surface area contributed by atoms with Gasteiger partial charge in [0.25, 0.3) is 0 Å². The summed E-state index contributed by atoms with van der Waals surface area (Å²) >= 11 is 6.41. The number of carbonyl (C=O) groups excluding carboxylic acids is 12. The molecule has 0 aromatic heterocycles. The molecular formula is C74H118ClF3N12O12. The van der Waals surface area contributed by atoms with E-state index in [1.54, 1.807) is 11.0 Å². The molecule has 1 spiro atoms. The molecule has 12 amide bonds. The summed E-state index contributed by atoms with van der Waals surface area (Å²) in [6.45, 7) is 6.58. The molecule has 0 bridgehead atoms. The van der Waals surface area contributed by atoms with Gasteiger partial charge >= 0.3 is 6.18 Å². The number of halogens is 4. The zero-order valence-electron chi connectivity index (χ0n) is 62.6. The molecule has 3 heterocycles. The number of nitrogens with one attached hydrogen (secondary N) is 3. The molecular weight excluding hydrogens is 1340 g/mol. The summed E-state index contributed by atoms with van der Waals surface area (Å²) in [5.41, 5.74) is -0.726. The second-order valence-electron chi connectivity index (χ2n) is 31.4. The van der Waals surface area contributed by atoms with Gasteiger partial charge in [0, 0.05) is 74.3 Å². The Bertz CT molecular complexity index is 3000. The van der Waals surface area contributed by atoms with Gasteiger partial charge in [0.15, 0.2) is 0 Å². The average molecular weight is 1460 g/mol. The minimum Gasteiger partial charge on any atom is -0.343 e. The third kappa shape index (κ3) is 21.6. The molecule has 4 aliphatic carbocycles. The van der Waals surface area contributed by atoms with E-state index in [0.717, 1.165) is 78.1 Å². The van der Waals surface area contributed by atoms with Crippen molar-refractivity contribution < 1.29 is 70.7 Å². The van der Waals surface area contributed by atoms with Crippen LogP contribution in [0.3, 0.4) is 0 Å². The van der Waals surface area contributed by atoms with Crippen molar-refractivity contribution in [1.29, 1.82) is 0 Å². The Labute approximate surface area is 607 Å². The summed E-state index contributed by atoms with van der Waals surface area (Å²) < 4.78 is 42.1. The lowest BCUT2D eigenvalue weighted by molar-refractivity contribution is -0.182. The first-order valence-corrected chi connectivity index (χ1v) is 38.2. The van der Waals surface area contributed by atoms with Gasteiger partial charge in [0.2, 0.25) is 70.9 Å². The van der Waals surface area contributed by atoms with Crippen LogP contribution in [0.2, 0.25) is 0 Å². The van der Waals surface area contributed by atoms with Gasteiger partial charge in [-0.3, -0.25) is 57.5 Å². The first kappa shape index (κ1) is 82.7. The number of fused-ring (bicyclic) bond motifs is 1. The smallest absolute Gasteiger partial charge is 0.343 e. The van der Waals surface area contributed by atoms with Gasteiger partial charge in [-0.05, 0) is 147 Å². The molecule has 4 saturated carbocycles. The maximum absolute atomic E-state index is 15.8. The van der Waals surface area contributed by atoms with Crippen molar-refractivity contribution in [1.82, 2.24) is 60.0 Å². The summed E-state index contributed by atoms with van der Waals surface area (Å²) in [6, 6.07) is -8.60. The van der Waals surface area contributed by atoms with Crippen molar-refractivity contribution in [2.75, 3.05) is 88.6 Å². The molecule has 574 valence electrons. The summed E-state index contributed by atoms with van der Waals surface area (Å²) in [4.78, 5) is 192. The number of amides is 12. The van der Waals surface area contributed by atoms with Crippen LogP contribution in [0.5, 0.6) is 0 Å². The molecule has 10 atom stereocenters. The normalized spacial score (nSPS) is 29.4. The Morgan fingerprint density at radius 3 is 1.78 bits per heavy atom. The minimum atomic E-state index is -4.51. The first-order chi connectivity index (χ1) is 48.1. The van der Waals surface area contributed by atoms with E-state index in [2.05, 4.69) is 16.0 Å². The molecule has 3 aliphatic heterocycles. The zero-order chi connectivity index (χ0) is 75.1. The predicted molar refractivity (Wildman–Crippen MR) is 379 cm³/mol. The van der Waals surface area contributed by atoms with Crippen LogP contribution in [-0.2, 0) is 57.5 Å². The Kier molecular flexibility index (Phi) is 30.4. The maximum atomic E-state index is 15.8. The molecule has 24 nitrogen and oxygen atoms in total. The third-order valence-electron chi connectivity index (χ3n) is 23.1. The SMILES string of the molecule is CC(C)=CC[C@@H]1NC(=O)[C@H](CC(C)C)N(C)C(=O)C[C@@H](C(=O)N2CCCCC2)N(C)C(=O)[C@H](C2CCCCC2)N(C)C(=O)C2(CCCC2)NC(=O)[C@@H]2CCCN2C(=O)[C@H](CCC2CCC(C(F)(F)F)C(Cl)C2)NC(=O)CN(C)C(=O)[C@H](CC2CCCCC2)N(C)C(=O)CN(C)C(=O)CN(C)C1=O. The van der Waals surface area contributed by atoms with Gasteiger partial charge in [-0.25, -0.2) is 0 Å². The molecule has 0 aromatic rings. The lowest BCUT2D eigenvalue weighted by atomic mass is 9.78. The van der Waals surface area contributed by atoms with Gasteiger partial charge in [-0.15, -0.1) is 11.6 Å². The van der Waals surface area contributed by atoms with Crippen LogP contribution in [0.15, 0.2) is 11.6 Å². The molecule has 0 radical (unpaired) electrons. The number of likely N-dealkylation sites (tertiary alicyclic amines) is 1. The zero-order valence-corrected chi connectivity index (χ0v) is 63.3. The van der Waals surface area contributed by atoms with Crippen LogP contribution >= 0.6 is 11.6 Å². The quantitative estimate of drug-likeness (QED) is 0.143. The summed E-state index contributed by atoms with van der Waals surface area (Å²) in [5.74, 6) is -10.1. The van der Waals surface area contributed by atoms with Gasteiger partial charge in [0.1, 0.15) is 47.8 Å². The number of piperidine rings is 1. The number of rotatable bonds is 11. The number of alkyl halides is 4. The predicted octanol–water partition coefficient (Wildman–Crippen LogP) is 6.79. The molecule has 3 N–H and O–H groups in total. The molecule has 3 unspecified atom stereocenters. The number of likely N-dealkylation sites (N-methyl/N-ethyl adjacent to an activating group) is 7. The van der Waals surface area contributed by atoms with Crippen molar-refractivity contribution in [3.63, 3.8) is 0 Å². The molecule has 0 aromatic carbocycles. The maximum Gasteiger partial charge on any atom is 0.393 e. The lowest BCUT2D eigenvalue weighted by Crippen LogP contribution is -2.65. The van der Waals surface area contributed by atoms with Crippen LogP contribution < -0.4 is 16.0 Å². The average Bonchev–Trinajstić information content (AvgIpc) is 1.54. The first-order valence-electron chi connectivity index (χ1n) is 37.8. The van der Waals surface area contributed by atoms with Crippen LogP contribution in [0.4, 0.5) is 13.2 Å². The number of nitrogens with zero attached hydrogens (tertiary/aromatic N) is 9. The monoisotopic (exact) mass is 1460 g/mol. The summed E-state index contributed by atoms with van der Waals surface area (Å²) in [5, 5.41) is 7.61. The number of allylic oxidation sites excluding steroid dienone is 1. The fourth-order valence-corrected chi connectivity index (χ4v) is 17.3. The van der Waals surface area contributed by atoms with Gasteiger partial charge in [-0.1, -0.05) is 89.7 Å². The van der Waals surface area contributed by atoms with Crippen LogP contribution in [0.25, 0.3) is 0 Å². The largest absolute Gasteiger partial charge is 0.393 e. The number of carbonyl (C=O) groups is 12. The van der Waals surface area contributed by atoms with E-state index in [4.69, 9.17) is 11.6 Å². The van der Waals surface area contributed by atoms with Crippen molar-refractivity contribution in [3.8, 4) is 0 Å². The minimum absolute atomic E-state index is 0.0000245. The van der Waals surface area contributed by atoms with E-state index in [1.807, 2.05) is 27.7 Å². The Morgan fingerprint density at radius 2 is 1.18 bits per heavy atom. The van der Waals surface area contributed by atoms with E-state index < -0.39 is 168 Å². The highest BCUT2D eigenvalue weighted by Crippen LogP contribution is 2.44. The molecule has 7 aliphatic rings. The van der Waals surface area contributed by atoms with E-state index in [1.165, 1.54) is 73.8 Å². The van der Waals surface area contributed by atoms with Crippen LogP contribution in [0, 0.1) is 29.6 Å². The number of hydrogen-bond donors (Lipinski definition) is 3. The van der Waals surface area contributed by atoms with Crippen molar-refractivity contribution in [3.05, 3.63) is 11.6 Å². The van der Waals surface area contributed by atoms with E-state index in [9.17, 15) is 41.9 Å². The Morgan fingerprint density at radius 1 is 0.578 bits per heavy atom. The molecule has 102 heavy (non-hydrogen) atoms.